The van der Waals surface area contributed by atoms with Gasteiger partial charge in [0.2, 0.25) is 5.69 Å². The van der Waals surface area contributed by atoms with Crippen LogP contribution in [0.4, 0.5) is 0 Å². The minimum absolute atomic E-state index is 0.931. The van der Waals surface area contributed by atoms with Gasteiger partial charge in [0.1, 0.15) is 18.2 Å². The molecule has 0 saturated carbocycles. The second-order valence-corrected chi connectivity index (χ2v) is 6.47. The van der Waals surface area contributed by atoms with E-state index in [0.29, 0.717) is 0 Å². The van der Waals surface area contributed by atoms with Gasteiger partial charge in [0.05, 0.1) is 5.56 Å². The van der Waals surface area contributed by atoms with Crippen molar-refractivity contribution in [1.29, 1.82) is 0 Å². The van der Waals surface area contributed by atoms with Crippen LogP contribution in [0, 0.1) is 6.92 Å². The second kappa shape index (κ2) is 5.15. The molecule has 0 atom stereocenters. The van der Waals surface area contributed by atoms with Gasteiger partial charge in [-0.1, -0.05) is 18.2 Å². The van der Waals surface area contributed by atoms with E-state index in [1.165, 1.54) is 5.56 Å². The van der Waals surface area contributed by atoms with Gasteiger partial charge in [0.15, 0.2) is 6.20 Å². The van der Waals surface area contributed by atoms with Crippen LogP contribution in [-0.2, 0) is 7.05 Å². The fourth-order valence-corrected chi connectivity index (χ4v) is 3.66. The van der Waals surface area contributed by atoms with Gasteiger partial charge in [0, 0.05) is 46.1 Å². The van der Waals surface area contributed by atoms with E-state index in [9.17, 15) is 0 Å². The topological polar surface area (TPSA) is 29.9 Å². The van der Waals surface area contributed by atoms with E-state index < -0.39 is 0 Å². The Morgan fingerprint density at radius 2 is 1.72 bits per heavy atom. The largest absolute Gasteiger partial charge is 0.454 e. The first kappa shape index (κ1) is 14.2. The first-order chi connectivity index (χ1) is 12.2. The maximum absolute atomic E-state index is 6.45. The zero-order valence-corrected chi connectivity index (χ0v) is 14.2. The van der Waals surface area contributed by atoms with E-state index in [1.54, 1.807) is 0 Å². The number of hydrogen-bond acceptors (Lipinski definition) is 2. The lowest BCUT2D eigenvalue weighted by atomic mass is 10.00. The van der Waals surface area contributed by atoms with Crippen LogP contribution in [0.5, 0.6) is 0 Å². The number of rotatable bonds is 1. The Labute approximate surface area is 145 Å². The molecule has 0 bridgehead atoms. The van der Waals surface area contributed by atoms with Crippen LogP contribution < -0.4 is 4.57 Å². The zero-order valence-electron chi connectivity index (χ0n) is 14.2. The molecule has 0 N–H and O–H groups in total. The number of pyridine rings is 2. The van der Waals surface area contributed by atoms with Gasteiger partial charge in [-0.15, -0.1) is 0 Å². The van der Waals surface area contributed by atoms with Crippen LogP contribution in [0.15, 0.2) is 71.5 Å². The lowest BCUT2D eigenvalue weighted by Gasteiger charge is -2.04. The lowest BCUT2D eigenvalue weighted by molar-refractivity contribution is -0.660. The summed E-state index contributed by atoms with van der Waals surface area (Å²) < 4.78 is 8.58. The average molecular weight is 325 g/mol. The molecule has 0 fully saturated rings. The normalized spacial score (nSPS) is 11.6. The maximum Gasteiger partial charge on any atom is 0.216 e. The molecule has 0 saturated heterocycles. The van der Waals surface area contributed by atoms with Crippen molar-refractivity contribution in [1.82, 2.24) is 4.98 Å². The minimum atomic E-state index is 0.931. The molecule has 120 valence electrons. The van der Waals surface area contributed by atoms with E-state index in [2.05, 4.69) is 66.1 Å². The SMILES string of the molecule is Cc1ccc2c(oc3c4ccncc4ccc23)c1-c1cccc[n+]1C. The van der Waals surface area contributed by atoms with Crippen molar-refractivity contribution in [2.75, 3.05) is 0 Å². The molecule has 2 aromatic carbocycles. The number of fused-ring (bicyclic) bond motifs is 5. The summed E-state index contributed by atoms with van der Waals surface area (Å²) in [5.74, 6) is 0. The highest BCUT2D eigenvalue weighted by Crippen LogP contribution is 2.39. The summed E-state index contributed by atoms with van der Waals surface area (Å²) >= 11 is 0. The summed E-state index contributed by atoms with van der Waals surface area (Å²) in [5.41, 5.74) is 5.38. The quantitative estimate of drug-likeness (QED) is 0.409. The van der Waals surface area contributed by atoms with Gasteiger partial charge in [-0.2, -0.15) is 0 Å². The molecule has 0 amide bonds. The van der Waals surface area contributed by atoms with Gasteiger partial charge in [0.25, 0.3) is 0 Å². The van der Waals surface area contributed by atoms with Crippen molar-refractivity contribution < 1.29 is 8.98 Å². The van der Waals surface area contributed by atoms with Gasteiger partial charge in [-0.25, -0.2) is 4.57 Å². The third-order valence-electron chi connectivity index (χ3n) is 4.94. The summed E-state index contributed by atoms with van der Waals surface area (Å²) in [7, 11) is 2.07. The fourth-order valence-electron chi connectivity index (χ4n) is 3.66. The standard InChI is InChI=1S/C22H17N2O/c1-14-6-8-18-17-9-7-15-13-23-11-10-16(15)21(17)25-22(18)20(14)19-5-3-4-12-24(19)2/h3-13H,1-2H3/q+1. The van der Waals surface area contributed by atoms with Crippen LogP contribution in [0.3, 0.4) is 0 Å². The Balaban J connectivity index is 1.98. The minimum Gasteiger partial charge on any atom is -0.454 e. The number of benzene rings is 2. The molecule has 3 aromatic heterocycles. The molecule has 0 aliphatic carbocycles. The highest BCUT2D eigenvalue weighted by molar-refractivity contribution is 6.17. The molecule has 3 nitrogen and oxygen atoms in total. The summed E-state index contributed by atoms with van der Waals surface area (Å²) in [6, 6.07) is 16.9. The van der Waals surface area contributed by atoms with Crippen molar-refractivity contribution in [3.8, 4) is 11.3 Å². The Hall–Kier alpha value is -3.20. The summed E-state index contributed by atoms with van der Waals surface area (Å²) in [6.07, 6.45) is 5.76. The average Bonchev–Trinajstić information content (AvgIpc) is 3.01. The molecule has 3 heteroatoms. The fraction of sp³-hybridized carbons (Fsp3) is 0.0909. The molecule has 5 rings (SSSR count). The van der Waals surface area contributed by atoms with Crippen LogP contribution in [0.1, 0.15) is 5.56 Å². The Morgan fingerprint density at radius 3 is 2.60 bits per heavy atom. The second-order valence-electron chi connectivity index (χ2n) is 6.47. The number of furan rings is 1. The maximum atomic E-state index is 6.45. The summed E-state index contributed by atoms with van der Waals surface area (Å²) in [5, 5.41) is 4.49. The third-order valence-corrected chi connectivity index (χ3v) is 4.94. The Kier molecular flexibility index (Phi) is 2.92. The molecule has 0 spiro atoms. The molecule has 5 aromatic rings. The highest BCUT2D eigenvalue weighted by Gasteiger charge is 2.20. The predicted molar refractivity (Wildman–Crippen MR) is 100 cm³/mol. The van der Waals surface area contributed by atoms with E-state index in [4.69, 9.17) is 4.42 Å². The van der Waals surface area contributed by atoms with Crippen molar-refractivity contribution in [2.45, 2.75) is 6.92 Å². The molecule has 0 unspecified atom stereocenters. The molecule has 25 heavy (non-hydrogen) atoms. The number of hydrogen-bond donors (Lipinski definition) is 0. The smallest absolute Gasteiger partial charge is 0.216 e. The molecule has 0 aliphatic rings. The van der Waals surface area contributed by atoms with Crippen molar-refractivity contribution in [3.63, 3.8) is 0 Å². The number of aryl methyl sites for hydroxylation is 2. The number of nitrogens with zero attached hydrogens (tertiary/aromatic N) is 2. The Bertz CT molecular complexity index is 1270. The predicted octanol–water partition coefficient (Wildman–Crippen LogP) is 4.93. The number of aromatic nitrogens is 2. The van der Waals surface area contributed by atoms with Gasteiger partial charge in [-0.3, -0.25) is 4.98 Å². The van der Waals surface area contributed by atoms with Crippen LogP contribution in [0.25, 0.3) is 44.0 Å². The van der Waals surface area contributed by atoms with E-state index in [-0.39, 0.29) is 0 Å². The highest BCUT2D eigenvalue weighted by atomic mass is 16.3. The molecular formula is C22H17N2O+. The van der Waals surface area contributed by atoms with Crippen LogP contribution >= 0.6 is 0 Å². The zero-order chi connectivity index (χ0) is 17.0. The molecular weight excluding hydrogens is 308 g/mol. The van der Waals surface area contributed by atoms with Crippen molar-refractivity contribution in [2.24, 2.45) is 7.05 Å². The summed E-state index contributed by atoms with van der Waals surface area (Å²) in [4.78, 5) is 4.22. The van der Waals surface area contributed by atoms with Crippen LogP contribution in [-0.4, -0.2) is 4.98 Å². The van der Waals surface area contributed by atoms with Gasteiger partial charge < -0.3 is 4.42 Å². The van der Waals surface area contributed by atoms with E-state index >= 15 is 0 Å². The van der Waals surface area contributed by atoms with Gasteiger partial charge in [-0.05, 0) is 30.7 Å². The summed E-state index contributed by atoms with van der Waals surface area (Å²) in [6.45, 7) is 2.14. The lowest BCUT2D eigenvalue weighted by Crippen LogP contribution is -2.30. The van der Waals surface area contributed by atoms with Crippen molar-refractivity contribution in [3.05, 3.63) is 72.7 Å². The monoisotopic (exact) mass is 325 g/mol. The van der Waals surface area contributed by atoms with E-state index in [1.807, 2.05) is 24.5 Å². The molecule has 3 heterocycles. The first-order valence-corrected chi connectivity index (χ1v) is 8.37. The first-order valence-electron chi connectivity index (χ1n) is 8.37. The molecule has 0 radical (unpaired) electrons. The van der Waals surface area contributed by atoms with E-state index in [0.717, 1.165) is 44.0 Å². The van der Waals surface area contributed by atoms with Crippen LogP contribution in [0.2, 0.25) is 0 Å². The third kappa shape index (κ3) is 1.99. The van der Waals surface area contributed by atoms with Crippen molar-refractivity contribution >= 4 is 32.7 Å². The van der Waals surface area contributed by atoms with Gasteiger partial charge >= 0.3 is 0 Å². The Morgan fingerprint density at radius 1 is 0.880 bits per heavy atom. The molecule has 0 aliphatic heterocycles.